The van der Waals surface area contributed by atoms with Gasteiger partial charge in [0.1, 0.15) is 0 Å². The highest BCUT2D eigenvalue weighted by atomic mass is 16.7. The predicted octanol–water partition coefficient (Wildman–Crippen LogP) is 3.39. The minimum Gasteiger partial charge on any atom is -0.468 e. The van der Waals surface area contributed by atoms with Crippen molar-refractivity contribution in [2.75, 3.05) is 20.8 Å². The second kappa shape index (κ2) is 10.1. The van der Waals surface area contributed by atoms with E-state index in [0.717, 1.165) is 51.6 Å². The highest BCUT2D eigenvalue weighted by Crippen LogP contribution is 2.55. The van der Waals surface area contributed by atoms with Crippen molar-refractivity contribution in [1.82, 2.24) is 0 Å². The molecule has 26 heavy (non-hydrogen) atoms. The maximum absolute atomic E-state index is 12.1. The Bertz CT molecular complexity index is 479. The van der Waals surface area contributed by atoms with E-state index in [4.69, 9.17) is 18.9 Å². The van der Waals surface area contributed by atoms with Gasteiger partial charge < -0.3 is 18.9 Å². The summed E-state index contributed by atoms with van der Waals surface area (Å²) in [6, 6.07) is 0. The topological polar surface area (TPSA) is 71.1 Å². The van der Waals surface area contributed by atoms with E-state index in [2.05, 4.69) is 6.92 Å². The van der Waals surface area contributed by atoms with Crippen LogP contribution in [0.5, 0.6) is 0 Å². The van der Waals surface area contributed by atoms with Gasteiger partial charge in [0.05, 0.1) is 20.3 Å². The molecule has 3 unspecified atom stereocenters. The van der Waals surface area contributed by atoms with Crippen molar-refractivity contribution in [1.29, 1.82) is 0 Å². The minimum absolute atomic E-state index is 0.0711. The molecule has 0 bridgehead atoms. The molecule has 0 spiro atoms. The number of methoxy groups -OCH3 is 2. The summed E-state index contributed by atoms with van der Waals surface area (Å²) in [4.78, 5) is 24.1. The van der Waals surface area contributed by atoms with Crippen LogP contribution in [0.15, 0.2) is 12.2 Å². The lowest BCUT2D eigenvalue weighted by atomic mass is 10.0. The minimum atomic E-state index is -1.19. The normalized spacial score (nSPS) is 25.7. The lowest BCUT2D eigenvalue weighted by Crippen LogP contribution is -2.30. The van der Waals surface area contributed by atoms with E-state index in [1.165, 1.54) is 14.2 Å². The Labute approximate surface area is 156 Å². The predicted molar refractivity (Wildman–Crippen MR) is 96.3 cm³/mol. The van der Waals surface area contributed by atoms with Crippen molar-refractivity contribution in [3.63, 3.8) is 0 Å². The molecule has 6 heteroatoms. The fourth-order valence-corrected chi connectivity index (χ4v) is 3.51. The Kier molecular flexibility index (Phi) is 8.10. The van der Waals surface area contributed by atoms with Crippen molar-refractivity contribution >= 4 is 11.9 Å². The van der Waals surface area contributed by atoms with Crippen LogP contribution >= 0.6 is 0 Å². The van der Waals surface area contributed by atoms with E-state index in [9.17, 15) is 9.59 Å². The van der Waals surface area contributed by atoms with Crippen LogP contribution < -0.4 is 0 Å². The van der Waals surface area contributed by atoms with Crippen molar-refractivity contribution < 1.29 is 28.5 Å². The molecule has 1 saturated carbocycles. The Morgan fingerprint density at radius 1 is 1.19 bits per heavy atom. The Morgan fingerprint density at radius 3 is 2.50 bits per heavy atom. The van der Waals surface area contributed by atoms with Gasteiger partial charge in [0.25, 0.3) is 0 Å². The average molecular weight is 368 g/mol. The summed E-state index contributed by atoms with van der Waals surface area (Å²) < 4.78 is 21.4. The molecule has 0 radical (unpaired) electrons. The molecular weight excluding hydrogens is 336 g/mol. The SMILES string of the molecule is CCCCCC(C=CC1CC1(C(=O)OC)C(=O)OC)OC1CCCCO1. The van der Waals surface area contributed by atoms with Gasteiger partial charge >= 0.3 is 11.9 Å². The number of hydrogen-bond acceptors (Lipinski definition) is 6. The van der Waals surface area contributed by atoms with Gasteiger partial charge in [0.15, 0.2) is 11.7 Å². The van der Waals surface area contributed by atoms with Crippen molar-refractivity contribution in [3.8, 4) is 0 Å². The van der Waals surface area contributed by atoms with E-state index in [1.54, 1.807) is 0 Å². The number of esters is 2. The van der Waals surface area contributed by atoms with Crippen LogP contribution in [0.25, 0.3) is 0 Å². The second-order valence-electron chi connectivity index (χ2n) is 7.12. The molecule has 1 aliphatic carbocycles. The summed E-state index contributed by atoms with van der Waals surface area (Å²) in [5.41, 5.74) is -1.19. The number of rotatable bonds is 10. The highest BCUT2D eigenvalue weighted by molar-refractivity contribution is 6.04. The first-order valence-electron chi connectivity index (χ1n) is 9.70. The molecule has 0 amide bonds. The third-order valence-electron chi connectivity index (χ3n) is 5.23. The van der Waals surface area contributed by atoms with Crippen LogP contribution in [-0.2, 0) is 28.5 Å². The van der Waals surface area contributed by atoms with Gasteiger partial charge in [-0.2, -0.15) is 0 Å². The fraction of sp³-hybridized carbons (Fsp3) is 0.800. The first-order chi connectivity index (χ1) is 12.6. The number of carbonyl (C=O) groups excluding carboxylic acids is 2. The third-order valence-corrected chi connectivity index (χ3v) is 5.23. The van der Waals surface area contributed by atoms with Crippen LogP contribution in [0.3, 0.4) is 0 Å². The summed E-state index contributed by atoms with van der Waals surface area (Å²) >= 11 is 0. The number of allylic oxidation sites excluding steroid dienone is 1. The smallest absolute Gasteiger partial charge is 0.323 e. The second-order valence-corrected chi connectivity index (χ2v) is 7.12. The summed E-state index contributed by atoms with van der Waals surface area (Å²) in [5.74, 6) is -1.26. The molecule has 1 heterocycles. The lowest BCUT2D eigenvalue weighted by Gasteiger charge is -2.26. The molecule has 2 aliphatic rings. The molecule has 1 saturated heterocycles. The van der Waals surface area contributed by atoms with E-state index >= 15 is 0 Å². The van der Waals surface area contributed by atoms with Crippen LogP contribution in [0.2, 0.25) is 0 Å². The fourth-order valence-electron chi connectivity index (χ4n) is 3.51. The molecule has 1 aliphatic heterocycles. The molecule has 0 aromatic rings. The lowest BCUT2D eigenvalue weighted by molar-refractivity contribution is -0.179. The molecule has 0 aromatic carbocycles. The van der Waals surface area contributed by atoms with Crippen LogP contribution in [0.1, 0.15) is 58.3 Å². The van der Waals surface area contributed by atoms with E-state index in [0.29, 0.717) is 6.42 Å². The molecule has 2 rings (SSSR count). The standard InChI is InChI=1S/C20H32O6/c1-4-5-6-9-16(26-17-10-7-8-13-25-17)12-11-15-14-20(15,18(21)23-2)19(22)24-3/h11-12,15-17H,4-10,13-14H2,1-3H3. The maximum Gasteiger partial charge on any atom is 0.323 e. The zero-order valence-electron chi connectivity index (χ0n) is 16.2. The number of carbonyl (C=O) groups is 2. The maximum atomic E-state index is 12.1. The summed E-state index contributed by atoms with van der Waals surface area (Å²) in [7, 11) is 2.59. The summed E-state index contributed by atoms with van der Waals surface area (Å²) in [5, 5.41) is 0. The van der Waals surface area contributed by atoms with Crippen molar-refractivity contribution in [2.45, 2.75) is 70.7 Å². The molecule has 0 aromatic heterocycles. The largest absolute Gasteiger partial charge is 0.468 e. The first-order valence-corrected chi connectivity index (χ1v) is 9.70. The van der Waals surface area contributed by atoms with Crippen LogP contribution in [0.4, 0.5) is 0 Å². The quantitative estimate of drug-likeness (QED) is 0.255. The summed E-state index contributed by atoms with van der Waals surface area (Å²) in [6.45, 7) is 2.91. The van der Waals surface area contributed by atoms with Gasteiger partial charge in [-0.1, -0.05) is 38.3 Å². The zero-order valence-corrected chi connectivity index (χ0v) is 16.2. The van der Waals surface area contributed by atoms with E-state index in [1.807, 2.05) is 12.2 Å². The van der Waals surface area contributed by atoms with Gasteiger partial charge in [-0.15, -0.1) is 0 Å². The Hall–Kier alpha value is -1.40. The molecular formula is C20H32O6. The first kappa shape index (κ1) is 20.9. The third kappa shape index (κ3) is 5.07. The number of ether oxygens (including phenoxy) is 4. The molecule has 3 atom stereocenters. The van der Waals surface area contributed by atoms with Gasteiger partial charge in [0, 0.05) is 12.5 Å². The monoisotopic (exact) mass is 368 g/mol. The molecule has 0 N–H and O–H groups in total. The molecule has 6 nitrogen and oxygen atoms in total. The van der Waals surface area contributed by atoms with Gasteiger partial charge in [-0.05, 0) is 32.1 Å². The van der Waals surface area contributed by atoms with Gasteiger partial charge in [-0.3, -0.25) is 9.59 Å². The summed E-state index contributed by atoms with van der Waals surface area (Å²) in [6.07, 6.45) is 11.5. The number of unbranched alkanes of at least 4 members (excludes halogenated alkanes) is 2. The van der Waals surface area contributed by atoms with Crippen LogP contribution in [-0.4, -0.2) is 45.2 Å². The molecule has 148 valence electrons. The van der Waals surface area contributed by atoms with Gasteiger partial charge in [0.2, 0.25) is 0 Å². The average Bonchev–Trinajstić information content (AvgIpc) is 3.41. The molecule has 2 fully saturated rings. The Balaban J connectivity index is 1.99. The van der Waals surface area contributed by atoms with Crippen LogP contribution in [0, 0.1) is 11.3 Å². The number of hydrogen-bond donors (Lipinski definition) is 0. The van der Waals surface area contributed by atoms with E-state index < -0.39 is 17.4 Å². The zero-order chi connectivity index (χ0) is 19.0. The van der Waals surface area contributed by atoms with Crippen molar-refractivity contribution in [3.05, 3.63) is 12.2 Å². The van der Waals surface area contributed by atoms with Gasteiger partial charge in [-0.25, -0.2) is 0 Å². The highest BCUT2D eigenvalue weighted by Gasteiger charge is 2.66. The van der Waals surface area contributed by atoms with Crippen molar-refractivity contribution in [2.24, 2.45) is 11.3 Å². The Morgan fingerprint density at radius 2 is 1.92 bits per heavy atom. The van der Waals surface area contributed by atoms with E-state index in [-0.39, 0.29) is 18.3 Å².